The van der Waals surface area contributed by atoms with Crippen molar-refractivity contribution in [1.82, 2.24) is 20.4 Å². The fraction of sp³-hybridized carbons (Fsp3) is 0.375. The van der Waals surface area contributed by atoms with Crippen LogP contribution in [-0.2, 0) is 16.8 Å². The molecule has 4 rings (SSSR count). The molecule has 1 unspecified atom stereocenters. The Bertz CT molecular complexity index is 1250. The van der Waals surface area contributed by atoms with Crippen molar-refractivity contribution in [3.8, 4) is 11.1 Å². The van der Waals surface area contributed by atoms with Crippen LogP contribution in [0.2, 0.25) is 0 Å². The van der Waals surface area contributed by atoms with E-state index in [4.69, 9.17) is 4.52 Å². The molecule has 2 aromatic heterocycles. The number of pyridine rings is 1. The van der Waals surface area contributed by atoms with Crippen LogP contribution >= 0.6 is 0 Å². The molecule has 0 spiro atoms. The quantitative estimate of drug-likeness (QED) is 0.558. The number of hydrogen-bond donors (Lipinski definition) is 2. The minimum absolute atomic E-state index is 0.0190. The Morgan fingerprint density at radius 1 is 1.18 bits per heavy atom. The highest BCUT2D eigenvalue weighted by Gasteiger charge is 2.61. The molecule has 2 amide bonds. The monoisotopic (exact) mass is 469 g/mol. The molecular formula is C24H25F2N5O3. The number of amides is 2. The molecule has 0 radical (unpaired) electrons. The van der Waals surface area contributed by atoms with E-state index < -0.39 is 30.1 Å². The van der Waals surface area contributed by atoms with Gasteiger partial charge in [-0.2, -0.15) is 4.98 Å². The molecule has 1 atom stereocenters. The van der Waals surface area contributed by atoms with Crippen LogP contribution in [0.4, 0.5) is 14.6 Å². The number of halogens is 2. The van der Waals surface area contributed by atoms with Gasteiger partial charge in [-0.3, -0.25) is 9.59 Å². The molecule has 178 valence electrons. The van der Waals surface area contributed by atoms with E-state index in [1.54, 1.807) is 12.1 Å². The molecule has 2 heterocycles. The highest BCUT2D eigenvalue weighted by atomic mass is 19.3. The molecule has 3 aromatic rings. The van der Waals surface area contributed by atoms with Gasteiger partial charge in [0.15, 0.2) is 0 Å². The van der Waals surface area contributed by atoms with Crippen molar-refractivity contribution in [2.24, 2.45) is 5.92 Å². The average molecular weight is 469 g/mol. The highest BCUT2D eigenvalue weighted by Crippen LogP contribution is 2.49. The summed E-state index contributed by atoms with van der Waals surface area (Å²) in [5, 5.41) is 9.00. The summed E-state index contributed by atoms with van der Waals surface area (Å²) in [5.41, 5.74) is 3.11. The van der Waals surface area contributed by atoms with Gasteiger partial charge < -0.3 is 15.2 Å². The second-order valence-corrected chi connectivity index (χ2v) is 9.43. The molecular weight excluding hydrogens is 444 g/mol. The SMILES string of the molecule is Cc1cc(-c2ccnc(NC(=O)C3CC3(F)F)c2)ccc1CNC(=O)c1noc(C(C)(C)C)n1. The fourth-order valence-electron chi connectivity index (χ4n) is 3.34. The van der Waals surface area contributed by atoms with Crippen LogP contribution in [0, 0.1) is 12.8 Å². The molecule has 10 heteroatoms. The number of hydrogen-bond acceptors (Lipinski definition) is 6. The number of aryl methyl sites for hydroxylation is 1. The zero-order valence-corrected chi connectivity index (χ0v) is 19.3. The van der Waals surface area contributed by atoms with Gasteiger partial charge in [0.25, 0.3) is 17.7 Å². The lowest BCUT2D eigenvalue weighted by Crippen LogP contribution is -2.24. The van der Waals surface area contributed by atoms with Crippen LogP contribution in [-0.4, -0.2) is 32.9 Å². The summed E-state index contributed by atoms with van der Waals surface area (Å²) in [6.45, 7) is 7.93. The molecule has 1 aliphatic carbocycles. The van der Waals surface area contributed by atoms with E-state index in [1.165, 1.54) is 6.20 Å². The molecule has 1 aromatic carbocycles. The highest BCUT2D eigenvalue weighted by molar-refractivity contribution is 5.95. The molecule has 1 aliphatic rings. The molecule has 1 saturated carbocycles. The minimum atomic E-state index is -2.93. The van der Waals surface area contributed by atoms with Gasteiger partial charge in [0.2, 0.25) is 11.8 Å². The largest absolute Gasteiger partial charge is 0.345 e. The van der Waals surface area contributed by atoms with Crippen molar-refractivity contribution in [2.45, 2.75) is 52.0 Å². The summed E-state index contributed by atoms with van der Waals surface area (Å²) < 4.78 is 31.4. The van der Waals surface area contributed by atoms with E-state index in [0.29, 0.717) is 5.89 Å². The Balaban J connectivity index is 1.41. The zero-order chi connectivity index (χ0) is 24.7. The Morgan fingerprint density at radius 3 is 2.50 bits per heavy atom. The lowest BCUT2D eigenvalue weighted by Gasteiger charge is -2.11. The van der Waals surface area contributed by atoms with E-state index in [-0.39, 0.29) is 23.6 Å². The number of rotatable bonds is 6. The topological polar surface area (TPSA) is 110 Å². The van der Waals surface area contributed by atoms with Crippen LogP contribution < -0.4 is 10.6 Å². The third kappa shape index (κ3) is 5.11. The third-order valence-corrected chi connectivity index (χ3v) is 5.54. The molecule has 2 N–H and O–H groups in total. The predicted octanol–water partition coefficient (Wildman–Crippen LogP) is 4.26. The van der Waals surface area contributed by atoms with Gasteiger partial charge in [0.05, 0.1) is 0 Å². The van der Waals surface area contributed by atoms with E-state index in [0.717, 1.165) is 22.3 Å². The van der Waals surface area contributed by atoms with Gasteiger partial charge >= 0.3 is 0 Å². The number of carbonyl (C=O) groups excluding carboxylic acids is 2. The fourth-order valence-corrected chi connectivity index (χ4v) is 3.34. The van der Waals surface area contributed by atoms with Crippen molar-refractivity contribution in [3.05, 3.63) is 59.4 Å². The summed E-state index contributed by atoms with van der Waals surface area (Å²) >= 11 is 0. The van der Waals surface area contributed by atoms with Crippen molar-refractivity contribution < 1.29 is 22.9 Å². The lowest BCUT2D eigenvalue weighted by molar-refractivity contribution is -0.119. The Labute approximate surface area is 195 Å². The Kier molecular flexibility index (Phi) is 5.93. The van der Waals surface area contributed by atoms with Crippen LogP contribution in [0.25, 0.3) is 11.1 Å². The summed E-state index contributed by atoms with van der Waals surface area (Å²) in [7, 11) is 0. The first kappa shape index (κ1) is 23.5. The number of anilines is 1. The summed E-state index contributed by atoms with van der Waals surface area (Å²) in [6, 6.07) is 9.09. The van der Waals surface area contributed by atoms with Crippen molar-refractivity contribution >= 4 is 17.6 Å². The molecule has 0 aliphatic heterocycles. The first-order valence-corrected chi connectivity index (χ1v) is 10.8. The van der Waals surface area contributed by atoms with Crippen LogP contribution in [0.5, 0.6) is 0 Å². The molecule has 34 heavy (non-hydrogen) atoms. The maximum Gasteiger partial charge on any atom is 0.292 e. The predicted molar refractivity (Wildman–Crippen MR) is 120 cm³/mol. The number of nitrogens with zero attached hydrogens (tertiary/aromatic N) is 3. The van der Waals surface area contributed by atoms with Crippen LogP contribution in [0.15, 0.2) is 41.1 Å². The third-order valence-electron chi connectivity index (χ3n) is 5.54. The minimum Gasteiger partial charge on any atom is -0.345 e. The van der Waals surface area contributed by atoms with Crippen LogP contribution in [0.3, 0.4) is 0 Å². The van der Waals surface area contributed by atoms with Crippen molar-refractivity contribution in [2.75, 3.05) is 5.32 Å². The summed E-state index contributed by atoms with van der Waals surface area (Å²) in [6.07, 6.45) is 1.08. The summed E-state index contributed by atoms with van der Waals surface area (Å²) in [4.78, 5) is 32.5. The number of aromatic nitrogens is 3. The van der Waals surface area contributed by atoms with Gasteiger partial charge in [-0.05, 0) is 41.3 Å². The second-order valence-electron chi connectivity index (χ2n) is 9.43. The normalized spacial score (nSPS) is 16.7. The van der Waals surface area contributed by atoms with Gasteiger partial charge in [-0.1, -0.05) is 44.1 Å². The second kappa shape index (κ2) is 8.58. The maximum absolute atomic E-state index is 13.1. The molecule has 1 fully saturated rings. The summed E-state index contributed by atoms with van der Waals surface area (Å²) in [5.74, 6) is -4.79. The first-order chi connectivity index (χ1) is 15.9. The number of benzene rings is 1. The molecule has 8 nitrogen and oxygen atoms in total. The van der Waals surface area contributed by atoms with E-state index in [2.05, 4.69) is 25.8 Å². The number of carbonyl (C=O) groups is 2. The Hall–Kier alpha value is -3.69. The first-order valence-electron chi connectivity index (χ1n) is 10.8. The van der Waals surface area contributed by atoms with Gasteiger partial charge in [0, 0.05) is 24.6 Å². The number of alkyl halides is 2. The molecule has 0 bridgehead atoms. The lowest BCUT2D eigenvalue weighted by atomic mass is 9.97. The Morgan fingerprint density at radius 2 is 1.88 bits per heavy atom. The van der Waals surface area contributed by atoms with E-state index in [1.807, 2.05) is 45.9 Å². The average Bonchev–Trinajstić information content (AvgIpc) is 3.17. The molecule has 0 saturated heterocycles. The zero-order valence-electron chi connectivity index (χ0n) is 19.3. The maximum atomic E-state index is 13.1. The van der Waals surface area contributed by atoms with Gasteiger partial charge in [0.1, 0.15) is 11.7 Å². The van der Waals surface area contributed by atoms with Gasteiger partial charge in [-0.25, -0.2) is 13.8 Å². The van der Waals surface area contributed by atoms with Gasteiger partial charge in [-0.15, -0.1) is 0 Å². The van der Waals surface area contributed by atoms with E-state index >= 15 is 0 Å². The van der Waals surface area contributed by atoms with Crippen molar-refractivity contribution in [1.29, 1.82) is 0 Å². The van der Waals surface area contributed by atoms with Crippen molar-refractivity contribution in [3.63, 3.8) is 0 Å². The van der Waals surface area contributed by atoms with E-state index in [9.17, 15) is 18.4 Å². The van der Waals surface area contributed by atoms with Crippen LogP contribution in [0.1, 0.15) is 54.8 Å². The standard InChI is InChI=1S/C24H25F2N5O3/c1-13-9-14(15-7-8-27-18(10-15)29-20(32)17-11-24(17,25)26)5-6-16(13)12-28-21(33)19-30-22(34-31-19)23(2,3)4/h5-10,17H,11-12H2,1-4H3,(H,28,33)(H,27,29,32). The smallest absolute Gasteiger partial charge is 0.292 e. The number of nitrogens with one attached hydrogen (secondary N) is 2.